The molecule has 5 heteroatoms. The Hall–Kier alpha value is -3.31. The molecule has 0 aliphatic rings. The first kappa shape index (κ1) is 17.1. The molecule has 1 aromatic heterocycles. The van der Waals surface area contributed by atoms with E-state index in [1.165, 1.54) is 17.0 Å². The summed E-state index contributed by atoms with van der Waals surface area (Å²) < 4.78 is 7.84. The second-order valence-corrected chi connectivity index (χ2v) is 6.42. The highest BCUT2D eigenvalue weighted by Gasteiger charge is 2.13. The number of benzene rings is 3. The Morgan fingerprint density at radius 2 is 1.48 bits per heavy atom. The Morgan fingerprint density at radius 3 is 2.07 bits per heavy atom. The average Bonchev–Trinajstić information content (AvgIpc) is 3.02. The van der Waals surface area contributed by atoms with Gasteiger partial charge >= 0.3 is 0 Å². The SMILES string of the molecule is ON=Cc1ccc(OC[C@@H](O)Cn2c3ccccc3c3ccccc32)cc1. The molecule has 0 fully saturated rings. The Morgan fingerprint density at radius 1 is 0.889 bits per heavy atom. The predicted molar refractivity (Wildman–Crippen MR) is 107 cm³/mol. The van der Waals surface area contributed by atoms with E-state index in [0.29, 0.717) is 12.3 Å². The highest BCUT2D eigenvalue weighted by Crippen LogP contribution is 2.28. The molecule has 27 heavy (non-hydrogen) atoms. The van der Waals surface area contributed by atoms with Crippen LogP contribution in [0, 0.1) is 0 Å². The van der Waals surface area contributed by atoms with Crippen molar-refractivity contribution < 1.29 is 15.1 Å². The molecule has 0 saturated heterocycles. The first-order chi connectivity index (χ1) is 13.3. The lowest BCUT2D eigenvalue weighted by Gasteiger charge is -2.15. The van der Waals surface area contributed by atoms with Gasteiger partial charge < -0.3 is 19.6 Å². The Bertz CT molecular complexity index is 1030. The van der Waals surface area contributed by atoms with Crippen molar-refractivity contribution in [1.82, 2.24) is 4.57 Å². The fourth-order valence-corrected chi connectivity index (χ4v) is 3.37. The van der Waals surface area contributed by atoms with E-state index in [1.807, 2.05) is 24.3 Å². The van der Waals surface area contributed by atoms with Gasteiger partial charge in [0.2, 0.25) is 0 Å². The standard InChI is InChI=1S/C22H20N2O3/c25-17(15-27-18-11-9-16(10-12-18)13-23-26)14-24-21-7-3-1-5-19(21)20-6-2-4-8-22(20)24/h1-13,17,25-26H,14-15H2/t17-/m0/s1. The molecule has 2 N–H and O–H groups in total. The Labute approximate surface area is 156 Å². The van der Waals surface area contributed by atoms with E-state index in [4.69, 9.17) is 9.94 Å². The third-order valence-electron chi connectivity index (χ3n) is 4.60. The molecule has 5 nitrogen and oxygen atoms in total. The molecule has 0 aliphatic carbocycles. The van der Waals surface area contributed by atoms with Gasteiger partial charge in [-0.3, -0.25) is 0 Å². The number of rotatable bonds is 6. The highest BCUT2D eigenvalue weighted by molar-refractivity contribution is 6.07. The number of aliphatic hydroxyl groups is 1. The zero-order valence-electron chi connectivity index (χ0n) is 14.7. The number of hydrogen-bond acceptors (Lipinski definition) is 4. The maximum absolute atomic E-state index is 10.5. The van der Waals surface area contributed by atoms with Gasteiger partial charge in [-0.1, -0.05) is 41.6 Å². The van der Waals surface area contributed by atoms with Crippen LogP contribution in [0.5, 0.6) is 5.75 Å². The summed E-state index contributed by atoms with van der Waals surface area (Å²) in [5.74, 6) is 0.659. The molecule has 1 atom stereocenters. The van der Waals surface area contributed by atoms with E-state index >= 15 is 0 Å². The third kappa shape index (κ3) is 3.50. The van der Waals surface area contributed by atoms with E-state index in [1.54, 1.807) is 24.3 Å². The van der Waals surface area contributed by atoms with Crippen molar-refractivity contribution in [3.63, 3.8) is 0 Å². The summed E-state index contributed by atoms with van der Waals surface area (Å²) in [5.41, 5.74) is 2.98. The number of ether oxygens (including phenoxy) is 1. The third-order valence-corrected chi connectivity index (χ3v) is 4.60. The quantitative estimate of drug-likeness (QED) is 0.310. The van der Waals surface area contributed by atoms with Crippen LogP contribution in [0.25, 0.3) is 21.8 Å². The number of hydrogen-bond donors (Lipinski definition) is 2. The normalized spacial score (nSPS) is 12.8. The average molecular weight is 360 g/mol. The van der Waals surface area contributed by atoms with Crippen LogP contribution in [0.3, 0.4) is 0 Å². The van der Waals surface area contributed by atoms with Gasteiger partial charge in [-0.15, -0.1) is 0 Å². The van der Waals surface area contributed by atoms with Crippen molar-refractivity contribution >= 4 is 28.0 Å². The Balaban J connectivity index is 1.51. The van der Waals surface area contributed by atoms with Crippen LogP contribution in [-0.4, -0.2) is 33.8 Å². The van der Waals surface area contributed by atoms with Crippen LogP contribution < -0.4 is 4.74 Å². The first-order valence-electron chi connectivity index (χ1n) is 8.80. The minimum absolute atomic E-state index is 0.189. The molecular formula is C22H20N2O3. The molecule has 0 radical (unpaired) electrons. The van der Waals surface area contributed by atoms with Crippen molar-refractivity contribution in [2.24, 2.45) is 5.16 Å². The van der Waals surface area contributed by atoms with E-state index in [0.717, 1.165) is 16.6 Å². The molecule has 0 saturated carbocycles. The van der Waals surface area contributed by atoms with Crippen molar-refractivity contribution in [2.75, 3.05) is 6.61 Å². The van der Waals surface area contributed by atoms with E-state index in [9.17, 15) is 5.11 Å². The molecule has 0 unspecified atom stereocenters. The zero-order chi connectivity index (χ0) is 18.6. The second kappa shape index (κ2) is 7.51. The summed E-state index contributed by atoms with van der Waals surface area (Å²) in [7, 11) is 0. The maximum atomic E-state index is 10.5. The number of aliphatic hydroxyl groups excluding tert-OH is 1. The van der Waals surface area contributed by atoms with Crippen molar-refractivity contribution in [2.45, 2.75) is 12.6 Å². The summed E-state index contributed by atoms with van der Waals surface area (Å²) in [5, 5.41) is 24.4. The van der Waals surface area contributed by atoms with E-state index in [2.05, 4.69) is 34.0 Å². The van der Waals surface area contributed by atoms with Crippen molar-refractivity contribution in [3.05, 3.63) is 78.4 Å². The van der Waals surface area contributed by atoms with Crippen molar-refractivity contribution in [1.29, 1.82) is 0 Å². The lowest BCUT2D eigenvalue weighted by molar-refractivity contribution is 0.0945. The fourth-order valence-electron chi connectivity index (χ4n) is 3.37. The second-order valence-electron chi connectivity index (χ2n) is 6.42. The monoisotopic (exact) mass is 360 g/mol. The molecule has 0 aliphatic heterocycles. The van der Waals surface area contributed by atoms with Crippen LogP contribution in [0.2, 0.25) is 0 Å². The number of para-hydroxylation sites is 2. The number of aromatic nitrogens is 1. The molecule has 136 valence electrons. The number of nitrogens with zero attached hydrogens (tertiary/aromatic N) is 2. The molecule has 3 aromatic carbocycles. The minimum Gasteiger partial charge on any atom is -0.491 e. The Kier molecular flexibility index (Phi) is 4.77. The molecule has 1 heterocycles. The van der Waals surface area contributed by atoms with Crippen LogP contribution in [0.15, 0.2) is 78.0 Å². The molecule has 0 spiro atoms. The van der Waals surface area contributed by atoms with Gasteiger partial charge in [0.1, 0.15) is 18.5 Å². The smallest absolute Gasteiger partial charge is 0.119 e. The summed E-state index contributed by atoms with van der Waals surface area (Å²) >= 11 is 0. The molecule has 0 bridgehead atoms. The summed E-state index contributed by atoms with van der Waals surface area (Å²) in [6.07, 6.45) is 0.698. The highest BCUT2D eigenvalue weighted by atomic mass is 16.5. The van der Waals surface area contributed by atoms with Gasteiger partial charge in [-0.25, -0.2) is 0 Å². The topological polar surface area (TPSA) is 67.0 Å². The van der Waals surface area contributed by atoms with Crippen LogP contribution in [0.1, 0.15) is 5.56 Å². The minimum atomic E-state index is -0.650. The van der Waals surface area contributed by atoms with Crippen LogP contribution in [0.4, 0.5) is 0 Å². The molecular weight excluding hydrogens is 340 g/mol. The molecule has 4 rings (SSSR count). The number of fused-ring (bicyclic) bond motifs is 3. The zero-order valence-corrected chi connectivity index (χ0v) is 14.7. The lowest BCUT2D eigenvalue weighted by Crippen LogP contribution is -2.23. The van der Waals surface area contributed by atoms with Gasteiger partial charge in [0, 0.05) is 21.8 Å². The first-order valence-corrected chi connectivity index (χ1v) is 8.80. The summed E-state index contributed by atoms with van der Waals surface area (Å²) in [6, 6.07) is 23.6. The van der Waals surface area contributed by atoms with Gasteiger partial charge in [0.05, 0.1) is 12.8 Å². The van der Waals surface area contributed by atoms with Crippen LogP contribution >= 0.6 is 0 Å². The van der Waals surface area contributed by atoms with Gasteiger partial charge in [-0.05, 0) is 42.0 Å². The fraction of sp³-hybridized carbons (Fsp3) is 0.136. The predicted octanol–water partition coefficient (Wildman–Crippen LogP) is 4.04. The van der Waals surface area contributed by atoms with Gasteiger partial charge in [-0.2, -0.15) is 0 Å². The van der Waals surface area contributed by atoms with E-state index < -0.39 is 6.10 Å². The molecule has 0 amide bonds. The lowest BCUT2D eigenvalue weighted by atomic mass is 10.2. The summed E-state index contributed by atoms with van der Waals surface area (Å²) in [6.45, 7) is 0.636. The van der Waals surface area contributed by atoms with Crippen molar-refractivity contribution in [3.8, 4) is 5.75 Å². The largest absolute Gasteiger partial charge is 0.491 e. The molecule has 4 aromatic rings. The van der Waals surface area contributed by atoms with Crippen LogP contribution in [-0.2, 0) is 6.54 Å². The van der Waals surface area contributed by atoms with E-state index in [-0.39, 0.29) is 6.61 Å². The van der Waals surface area contributed by atoms with Gasteiger partial charge in [0.15, 0.2) is 0 Å². The van der Waals surface area contributed by atoms with Gasteiger partial charge in [0.25, 0.3) is 0 Å². The maximum Gasteiger partial charge on any atom is 0.119 e. The summed E-state index contributed by atoms with van der Waals surface area (Å²) in [4.78, 5) is 0. The number of oxime groups is 1.